The Morgan fingerprint density at radius 3 is 2.62 bits per heavy atom. The molecule has 2 saturated heterocycles. The van der Waals surface area contributed by atoms with Crippen LogP contribution in [0.3, 0.4) is 0 Å². The van der Waals surface area contributed by atoms with Crippen LogP contribution in [0.1, 0.15) is 6.04 Å². The van der Waals surface area contributed by atoms with E-state index in [1.165, 1.54) is 5.69 Å². The zero-order chi connectivity index (χ0) is 21.3. The monoisotopic (exact) mass is 427 g/mol. The molecule has 7 heteroatoms. The molecule has 1 N–H and O–H groups in total. The molecule has 4 heterocycles. The molecule has 2 aromatic heterocycles. The lowest BCUT2D eigenvalue weighted by molar-refractivity contribution is -0.0266. The Morgan fingerprint density at radius 2 is 1.78 bits per heavy atom. The molecule has 0 unspecified atom stereocenters. The number of morpholine rings is 1. The van der Waals surface area contributed by atoms with E-state index in [4.69, 9.17) is 9.47 Å². The van der Waals surface area contributed by atoms with Crippen molar-refractivity contribution in [1.29, 1.82) is 0 Å². The van der Waals surface area contributed by atoms with Crippen molar-refractivity contribution in [1.82, 2.24) is 14.8 Å². The van der Waals surface area contributed by atoms with E-state index in [2.05, 4.69) is 73.5 Å². The maximum atomic E-state index is 5.47. The lowest BCUT2D eigenvalue weighted by Crippen LogP contribution is -2.36. The maximum Gasteiger partial charge on any atom is 0.130 e. The van der Waals surface area contributed by atoms with E-state index in [0.717, 1.165) is 73.1 Å². The van der Waals surface area contributed by atoms with E-state index in [9.17, 15) is 0 Å². The Hall–Kier alpha value is -3.42. The van der Waals surface area contributed by atoms with Crippen LogP contribution in [0.15, 0.2) is 67.0 Å². The Labute approximate surface area is 186 Å². The molecule has 0 spiro atoms. The van der Waals surface area contributed by atoms with Crippen LogP contribution in [-0.4, -0.2) is 54.3 Å². The molecule has 6 rings (SSSR count). The number of hydrogen-bond acceptors (Lipinski definition) is 6. The molecule has 2 aliphatic rings. The number of fused-ring (bicyclic) bond motifs is 1. The van der Waals surface area contributed by atoms with Crippen LogP contribution in [-0.2, 0) is 9.47 Å². The minimum atomic E-state index is 0.350. The van der Waals surface area contributed by atoms with Gasteiger partial charge in [0.05, 0.1) is 44.2 Å². The normalized spacial score (nSPS) is 16.8. The summed E-state index contributed by atoms with van der Waals surface area (Å²) in [5.41, 5.74) is 5.64. The number of rotatable bonds is 5. The largest absolute Gasteiger partial charge is 0.378 e. The van der Waals surface area contributed by atoms with E-state index < -0.39 is 0 Å². The van der Waals surface area contributed by atoms with Gasteiger partial charge in [-0.25, -0.2) is 4.98 Å². The smallest absolute Gasteiger partial charge is 0.130 e. The van der Waals surface area contributed by atoms with E-state index >= 15 is 0 Å². The highest BCUT2D eigenvalue weighted by Gasteiger charge is 2.22. The summed E-state index contributed by atoms with van der Waals surface area (Å²) in [5.74, 6) is 0.823. The van der Waals surface area contributed by atoms with Crippen molar-refractivity contribution in [3.63, 3.8) is 0 Å². The maximum absolute atomic E-state index is 5.47. The van der Waals surface area contributed by atoms with Crippen molar-refractivity contribution in [2.45, 2.75) is 6.04 Å². The van der Waals surface area contributed by atoms with Gasteiger partial charge < -0.3 is 19.7 Å². The van der Waals surface area contributed by atoms with Crippen molar-refractivity contribution in [2.24, 2.45) is 0 Å². The van der Waals surface area contributed by atoms with Gasteiger partial charge in [0.25, 0.3) is 0 Å². The van der Waals surface area contributed by atoms with Crippen molar-refractivity contribution in [2.75, 3.05) is 49.7 Å². The molecule has 0 bridgehead atoms. The van der Waals surface area contributed by atoms with Gasteiger partial charge >= 0.3 is 0 Å². The standard InChI is InChI=1S/C25H25N5O2/c1-2-21(14-22(3-1)29-8-10-31-11-9-29)28-25-13-19(6-7-26-25)18-4-5-24-20(12-18)15-27-30(24)23-16-32-17-23/h1-7,12-15,23H,8-11,16-17H2,(H,26,28). The number of benzene rings is 2. The van der Waals surface area contributed by atoms with Crippen molar-refractivity contribution >= 4 is 28.1 Å². The Balaban J connectivity index is 1.24. The molecule has 2 aliphatic heterocycles. The summed E-state index contributed by atoms with van der Waals surface area (Å²) in [7, 11) is 0. The molecule has 0 atom stereocenters. The van der Waals surface area contributed by atoms with Gasteiger partial charge in [-0.15, -0.1) is 0 Å². The van der Waals surface area contributed by atoms with Crippen LogP contribution in [0.4, 0.5) is 17.2 Å². The average Bonchev–Trinajstić information content (AvgIpc) is 3.22. The minimum absolute atomic E-state index is 0.350. The van der Waals surface area contributed by atoms with Gasteiger partial charge in [-0.1, -0.05) is 12.1 Å². The summed E-state index contributed by atoms with van der Waals surface area (Å²) < 4.78 is 12.9. The minimum Gasteiger partial charge on any atom is -0.378 e. The molecule has 2 aromatic carbocycles. The Bertz CT molecular complexity index is 1240. The predicted octanol–water partition coefficient (Wildman–Crippen LogP) is 4.25. The first-order valence-electron chi connectivity index (χ1n) is 11.0. The van der Waals surface area contributed by atoms with E-state index in [1.54, 1.807) is 0 Å². The van der Waals surface area contributed by atoms with Gasteiger partial charge in [-0.2, -0.15) is 5.10 Å². The summed E-state index contributed by atoms with van der Waals surface area (Å²) in [6, 6.07) is 19.4. The third-order valence-corrected chi connectivity index (χ3v) is 6.15. The molecule has 2 fully saturated rings. The fourth-order valence-corrected chi connectivity index (χ4v) is 4.32. The summed E-state index contributed by atoms with van der Waals surface area (Å²) >= 11 is 0. The quantitative estimate of drug-likeness (QED) is 0.514. The fraction of sp³-hybridized carbons (Fsp3) is 0.280. The number of hydrogen-bond donors (Lipinski definition) is 1. The second-order valence-electron chi connectivity index (χ2n) is 8.26. The van der Waals surface area contributed by atoms with Crippen LogP contribution >= 0.6 is 0 Å². The molecule has 32 heavy (non-hydrogen) atoms. The van der Waals surface area contributed by atoms with Crippen LogP contribution in [0.5, 0.6) is 0 Å². The first-order chi connectivity index (χ1) is 15.8. The SMILES string of the molecule is c1cc(Nc2cc(-c3ccc4c(cnn4C4COC4)c3)ccn2)cc(N2CCOCC2)c1. The summed E-state index contributed by atoms with van der Waals surface area (Å²) in [4.78, 5) is 6.89. The number of aromatic nitrogens is 3. The van der Waals surface area contributed by atoms with E-state index in [0.29, 0.717) is 6.04 Å². The van der Waals surface area contributed by atoms with Crippen molar-refractivity contribution in [3.8, 4) is 11.1 Å². The number of anilines is 3. The van der Waals surface area contributed by atoms with Gasteiger partial charge in [0.2, 0.25) is 0 Å². The van der Waals surface area contributed by atoms with Crippen molar-refractivity contribution < 1.29 is 9.47 Å². The van der Waals surface area contributed by atoms with E-state index in [-0.39, 0.29) is 0 Å². The summed E-state index contributed by atoms with van der Waals surface area (Å²) in [6.45, 7) is 4.88. The molecular formula is C25H25N5O2. The Morgan fingerprint density at radius 1 is 0.906 bits per heavy atom. The molecule has 7 nitrogen and oxygen atoms in total. The second kappa shape index (κ2) is 8.26. The van der Waals surface area contributed by atoms with Gasteiger partial charge in [-0.05, 0) is 53.6 Å². The van der Waals surface area contributed by atoms with Crippen LogP contribution in [0, 0.1) is 0 Å². The third kappa shape index (κ3) is 3.70. The lowest BCUT2D eigenvalue weighted by Gasteiger charge is -2.29. The summed E-state index contributed by atoms with van der Waals surface area (Å²) in [6.07, 6.45) is 3.79. The van der Waals surface area contributed by atoms with Crippen LogP contribution < -0.4 is 10.2 Å². The average molecular weight is 428 g/mol. The summed E-state index contributed by atoms with van der Waals surface area (Å²) in [5, 5.41) is 9.18. The second-order valence-corrected chi connectivity index (χ2v) is 8.26. The molecule has 162 valence electrons. The van der Waals surface area contributed by atoms with Gasteiger partial charge in [0.1, 0.15) is 5.82 Å². The molecule has 0 amide bonds. The lowest BCUT2D eigenvalue weighted by atomic mass is 10.0. The molecule has 0 saturated carbocycles. The number of nitrogens with one attached hydrogen (secondary N) is 1. The number of ether oxygens (including phenoxy) is 2. The van der Waals surface area contributed by atoms with Gasteiger partial charge in [0, 0.05) is 36.0 Å². The van der Waals surface area contributed by atoms with Crippen LogP contribution in [0.25, 0.3) is 22.0 Å². The predicted molar refractivity (Wildman–Crippen MR) is 126 cm³/mol. The van der Waals surface area contributed by atoms with E-state index in [1.807, 2.05) is 18.5 Å². The highest BCUT2D eigenvalue weighted by molar-refractivity contribution is 5.85. The van der Waals surface area contributed by atoms with Gasteiger partial charge in [-0.3, -0.25) is 4.68 Å². The van der Waals surface area contributed by atoms with Crippen LogP contribution in [0.2, 0.25) is 0 Å². The fourth-order valence-electron chi connectivity index (χ4n) is 4.32. The number of pyridine rings is 1. The number of nitrogens with zero attached hydrogens (tertiary/aromatic N) is 4. The third-order valence-electron chi connectivity index (χ3n) is 6.15. The first-order valence-corrected chi connectivity index (χ1v) is 11.0. The molecule has 4 aromatic rings. The topological polar surface area (TPSA) is 64.4 Å². The molecular weight excluding hydrogens is 402 g/mol. The zero-order valence-electron chi connectivity index (χ0n) is 17.8. The molecule has 0 aliphatic carbocycles. The van der Waals surface area contributed by atoms with Crippen molar-refractivity contribution in [3.05, 3.63) is 67.0 Å². The van der Waals surface area contributed by atoms with Gasteiger partial charge in [0.15, 0.2) is 0 Å². The highest BCUT2D eigenvalue weighted by Crippen LogP contribution is 2.29. The first kappa shape index (κ1) is 19.3. The highest BCUT2D eigenvalue weighted by atomic mass is 16.5. The molecule has 0 radical (unpaired) electrons. The zero-order valence-corrected chi connectivity index (χ0v) is 17.8. The Kier molecular flexibility index (Phi) is 4.97.